The maximum Gasteiger partial charge on any atom is 0.231 e. The van der Waals surface area contributed by atoms with E-state index in [1.807, 2.05) is 73.1 Å². The molecule has 1 N–H and O–H groups in total. The van der Waals surface area contributed by atoms with E-state index < -0.39 is 0 Å². The SMILES string of the molecule is CCC(C(=O)Nc1cccc(-c2nncn2C)c1)c1ccccc1. The predicted octanol–water partition coefficient (Wildman–Crippen LogP) is 3.61. The van der Waals surface area contributed by atoms with E-state index in [9.17, 15) is 4.79 Å². The molecule has 1 aromatic heterocycles. The molecule has 5 heteroatoms. The normalized spacial score (nSPS) is 11.9. The van der Waals surface area contributed by atoms with Gasteiger partial charge in [0.25, 0.3) is 0 Å². The van der Waals surface area contributed by atoms with Crippen LogP contribution in [0.5, 0.6) is 0 Å². The number of hydrogen-bond donors (Lipinski definition) is 1. The van der Waals surface area contributed by atoms with Crippen molar-refractivity contribution < 1.29 is 4.79 Å². The minimum atomic E-state index is -0.162. The number of amides is 1. The zero-order valence-electron chi connectivity index (χ0n) is 13.8. The number of nitrogens with one attached hydrogen (secondary N) is 1. The summed E-state index contributed by atoms with van der Waals surface area (Å²) in [4.78, 5) is 12.7. The van der Waals surface area contributed by atoms with Gasteiger partial charge < -0.3 is 9.88 Å². The lowest BCUT2D eigenvalue weighted by atomic mass is 9.95. The van der Waals surface area contributed by atoms with Crippen molar-refractivity contribution in [2.24, 2.45) is 7.05 Å². The number of carbonyl (C=O) groups is 1. The van der Waals surface area contributed by atoms with Gasteiger partial charge >= 0.3 is 0 Å². The lowest BCUT2D eigenvalue weighted by Gasteiger charge is -2.15. The van der Waals surface area contributed by atoms with Gasteiger partial charge in [-0.05, 0) is 24.1 Å². The van der Waals surface area contributed by atoms with Gasteiger partial charge in [0, 0.05) is 18.3 Å². The zero-order chi connectivity index (χ0) is 16.9. The summed E-state index contributed by atoms with van der Waals surface area (Å²) in [5.41, 5.74) is 2.71. The topological polar surface area (TPSA) is 59.8 Å². The second kappa shape index (κ2) is 7.08. The number of nitrogens with zero attached hydrogens (tertiary/aromatic N) is 3. The molecule has 5 nitrogen and oxygen atoms in total. The van der Waals surface area contributed by atoms with Gasteiger partial charge in [-0.15, -0.1) is 10.2 Å². The molecule has 0 saturated carbocycles. The van der Waals surface area contributed by atoms with Gasteiger partial charge in [0.2, 0.25) is 5.91 Å². The Morgan fingerprint density at radius 3 is 2.62 bits per heavy atom. The summed E-state index contributed by atoms with van der Waals surface area (Å²) >= 11 is 0. The van der Waals surface area contributed by atoms with E-state index in [-0.39, 0.29) is 11.8 Å². The first kappa shape index (κ1) is 15.9. The van der Waals surface area contributed by atoms with E-state index in [0.29, 0.717) is 0 Å². The highest BCUT2D eigenvalue weighted by molar-refractivity contribution is 5.96. The lowest BCUT2D eigenvalue weighted by molar-refractivity contribution is -0.117. The Morgan fingerprint density at radius 1 is 1.17 bits per heavy atom. The number of carbonyl (C=O) groups excluding carboxylic acids is 1. The molecule has 0 saturated heterocycles. The fourth-order valence-corrected chi connectivity index (χ4v) is 2.77. The van der Waals surface area contributed by atoms with Crippen LogP contribution in [0.1, 0.15) is 24.8 Å². The molecule has 24 heavy (non-hydrogen) atoms. The molecular formula is C19H20N4O. The van der Waals surface area contributed by atoms with Crippen LogP contribution in [0.2, 0.25) is 0 Å². The summed E-state index contributed by atoms with van der Waals surface area (Å²) in [6, 6.07) is 17.5. The Kier molecular flexibility index (Phi) is 4.70. The molecule has 0 bridgehead atoms. The van der Waals surface area contributed by atoms with Crippen molar-refractivity contribution in [1.82, 2.24) is 14.8 Å². The first-order valence-corrected chi connectivity index (χ1v) is 7.99. The smallest absolute Gasteiger partial charge is 0.231 e. The van der Waals surface area contributed by atoms with Gasteiger partial charge in [-0.2, -0.15) is 0 Å². The molecule has 0 fully saturated rings. The first-order chi connectivity index (χ1) is 11.7. The standard InChI is InChI=1S/C19H20N4O/c1-3-17(14-8-5-4-6-9-14)19(24)21-16-11-7-10-15(12-16)18-22-20-13-23(18)2/h4-13,17H,3H2,1-2H3,(H,21,24). The highest BCUT2D eigenvalue weighted by atomic mass is 16.1. The Hall–Kier alpha value is -2.95. The van der Waals surface area contributed by atoms with Crippen LogP contribution in [-0.2, 0) is 11.8 Å². The summed E-state index contributed by atoms with van der Waals surface area (Å²) in [6.45, 7) is 2.02. The molecule has 0 radical (unpaired) electrons. The minimum Gasteiger partial charge on any atom is -0.326 e. The molecule has 3 aromatic rings. The van der Waals surface area contributed by atoms with Crippen LogP contribution < -0.4 is 5.32 Å². The summed E-state index contributed by atoms with van der Waals surface area (Å²) in [5.74, 6) is 0.602. The third kappa shape index (κ3) is 3.35. The summed E-state index contributed by atoms with van der Waals surface area (Å²) in [7, 11) is 1.89. The average molecular weight is 320 g/mol. The second-order valence-corrected chi connectivity index (χ2v) is 5.71. The van der Waals surface area contributed by atoms with Crippen molar-refractivity contribution >= 4 is 11.6 Å². The van der Waals surface area contributed by atoms with Crippen molar-refractivity contribution in [2.45, 2.75) is 19.3 Å². The first-order valence-electron chi connectivity index (χ1n) is 7.99. The highest BCUT2D eigenvalue weighted by Crippen LogP contribution is 2.24. The molecular weight excluding hydrogens is 300 g/mol. The van der Waals surface area contributed by atoms with Gasteiger partial charge in [0.15, 0.2) is 5.82 Å². The van der Waals surface area contributed by atoms with Crippen molar-refractivity contribution in [3.05, 3.63) is 66.5 Å². The molecule has 0 spiro atoms. The van der Waals surface area contributed by atoms with E-state index in [0.717, 1.165) is 29.1 Å². The van der Waals surface area contributed by atoms with Crippen LogP contribution in [0, 0.1) is 0 Å². The summed E-state index contributed by atoms with van der Waals surface area (Å²) < 4.78 is 1.85. The van der Waals surface area contributed by atoms with E-state index in [4.69, 9.17) is 0 Å². The van der Waals surface area contributed by atoms with Crippen molar-refractivity contribution in [3.8, 4) is 11.4 Å². The predicted molar refractivity (Wildman–Crippen MR) is 94.5 cm³/mol. The van der Waals surface area contributed by atoms with Gasteiger partial charge in [0.1, 0.15) is 6.33 Å². The molecule has 3 rings (SSSR count). The average Bonchev–Trinajstić information content (AvgIpc) is 3.03. The molecule has 2 aromatic carbocycles. The van der Waals surface area contributed by atoms with Gasteiger partial charge in [-0.25, -0.2) is 0 Å². The van der Waals surface area contributed by atoms with Crippen LogP contribution in [0.3, 0.4) is 0 Å². The summed E-state index contributed by atoms with van der Waals surface area (Å²) in [6.07, 6.45) is 2.40. The van der Waals surface area contributed by atoms with E-state index in [1.54, 1.807) is 6.33 Å². The molecule has 0 aliphatic carbocycles. The second-order valence-electron chi connectivity index (χ2n) is 5.71. The van der Waals surface area contributed by atoms with Crippen LogP contribution in [0.4, 0.5) is 5.69 Å². The molecule has 1 amide bonds. The van der Waals surface area contributed by atoms with E-state index in [2.05, 4.69) is 15.5 Å². The largest absolute Gasteiger partial charge is 0.326 e. The molecule has 122 valence electrons. The number of anilines is 1. The molecule has 0 aliphatic heterocycles. The van der Waals surface area contributed by atoms with Gasteiger partial charge in [0.05, 0.1) is 5.92 Å². The minimum absolute atomic E-state index is 0.00110. The van der Waals surface area contributed by atoms with Crippen LogP contribution >= 0.6 is 0 Å². The number of benzene rings is 2. The molecule has 1 unspecified atom stereocenters. The molecule has 1 atom stereocenters. The Balaban J connectivity index is 1.81. The van der Waals surface area contributed by atoms with Crippen LogP contribution in [0.15, 0.2) is 60.9 Å². The number of aryl methyl sites for hydroxylation is 1. The monoisotopic (exact) mass is 320 g/mol. The quantitative estimate of drug-likeness (QED) is 0.781. The molecule has 0 aliphatic rings. The lowest BCUT2D eigenvalue weighted by Crippen LogP contribution is -2.20. The van der Waals surface area contributed by atoms with Gasteiger partial charge in [-0.3, -0.25) is 4.79 Å². The fourth-order valence-electron chi connectivity index (χ4n) is 2.77. The van der Waals surface area contributed by atoms with Gasteiger partial charge in [-0.1, -0.05) is 49.4 Å². The van der Waals surface area contributed by atoms with Crippen LogP contribution in [0.25, 0.3) is 11.4 Å². The Labute approximate surface area is 141 Å². The molecule has 1 heterocycles. The maximum atomic E-state index is 12.7. The van der Waals surface area contributed by atoms with E-state index in [1.165, 1.54) is 0 Å². The third-order valence-corrected chi connectivity index (χ3v) is 4.03. The van der Waals surface area contributed by atoms with Crippen molar-refractivity contribution in [2.75, 3.05) is 5.32 Å². The van der Waals surface area contributed by atoms with E-state index >= 15 is 0 Å². The number of rotatable bonds is 5. The Bertz CT molecular complexity index is 826. The van der Waals surface area contributed by atoms with Crippen molar-refractivity contribution in [3.63, 3.8) is 0 Å². The third-order valence-electron chi connectivity index (χ3n) is 4.03. The number of hydrogen-bond acceptors (Lipinski definition) is 3. The fraction of sp³-hybridized carbons (Fsp3) is 0.211. The summed E-state index contributed by atoms with van der Waals surface area (Å²) in [5, 5.41) is 11.0. The van der Waals surface area contributed by atoms with Crippen molar-refractivity contribution in [1.29, 1.82) is 0 Å². The van der Waals surface area contributed by atoms with Crippen LogP contribution in [-0.4, -0.2) is 20.7 Å². The zero-order valence-corrected chi connectivity index (χ0v) is 13.8. The number of aromatic nitrogens is 3. The maximum absolute atomic E-state index is 12.7. The highest BCUT2D eigenvalue weighted by Gasteiger charge is 2.18. The Morgan fingerprint density at radius 2 is 1.96 bits per heavy atom.